The van der Waals surface area contributed by atoms with Gasteiger partial charge in [0.05, 0.1) is 0 Å². The summed E-state index contributed by atoms with van der Waals surface area (Å²) in [6.07, 6.45) is 15.2. The standard InChI is InChI=1S/C18H37/c1-6-9-12-15-17(14-11-8-3)18(4,5)16-13-10-7-2/h6-16H2,1-5H3. The number of hydrogen-bond donors (Lipinski definition) is 0. The molecule has 0 saturated carbocycles. The molecule has 0 amide bonds. The van der Waals surface area contributed by atoms with Crippen LogP contribution in [0.3, 0.4) is 0 Å². The van der Waals surface area contributed by atoms with Crippen LogP contribution in [0.2, 0.25) is 0 Å². The molecule has 0 unspecified atom stereocenters. The Bertz CT molecular complexity index is 169. The Kier molecular flexibility index (Phi) is 10.9. The third kappa shape index (κ3) is 8.16. The number of hydrogen-bond acceptors (Lipinski definition) is 0. The van der Waals surface area contributed by atoms with E-state index < -0.39 is 0 Å². The van der Waals surface area contributed by atoms with E-state index in [-0.39, 0.29) is 0 Å². The molecule has 0 aliphatic rings. The zero-order chi connectivity index (χ0) is 13.9. The van der Waals surface area contributed by atoms with Crippen LogP contribution in [0.1, 0.15) is 105 Å². The van der Waals surface area contributed by atoms with Crippen molar-refractivity contribution in [3.05, 3.63) is 5.92 Å². The first-order valence-corrected chi connectivity index (χ1v) is 8.43. The summed E-state index contributed by atoms with van der Waals surface area (Å²) < 4.78 is 0. The summed E-state index contributed by atoms with van der Waals surface area (Å²) >= 11 is 0. The summed E-state index contributed by atoms with van der Waals surface area (Å²) in [4.78, 5) is 0. The quantitative estimate of drug-likeness (QED) is 0.330. The highest BCUT2D eigenvalue weighted by Crippen LogP contribution is 2.40. The highest BCUT2D eigenvalue weighted by Gasteiger charge is 2.28. The molecule has 0 saturated heterocycles. The van der Waals surface area contributed by atoms with Crippen molar-refractivity contribution in [2.75, 3.05) is 0 Å². The van der Waals surface area contributed by atoms with Gasteiger partial charge in [0.2, 0.25) is 0 Å². The lowest BCUT2D eigenvalue weighted by atomic mass is 9.70. The molecule has 0 spiro atoms. The van der Waals surface area contributed by atoms with Crippen molar-refractivity contribution < 1.29 is 0 Å². The summed E-state index contributed by atoms with van der Waals surface area (Å²) in [6.45, 7) is 11.9. The van der Waals surface area contributed by atoms with Crippen molar-refractivity contribution in [1.82, 2.24) is 0 Å². The minimum absolute atomic E-state index is 0.484. The van der Waals surface area contributed by atoms with Crippen LogP contribution in [0.4, 0.5) is 0 Å². The Balaban J connectivity index is 4.20. The van der Waals surface area contributed by atoms with Crippen LogP contribution in [0.5, 0.6) is 0 Å². The van der Waals surface area contributed by atoms with Gasteiger partial charge < -0.3 is 0 Å². The Hall–Kier alpha value is 0. The third-order valence-electron chi connectivity index (χ3n) is 4.28. The molecule has 0 rings (SSSR count). The fraction of sp³-hybridized carbons (Fsp3) is 0.944. The maximum Gasteiger partial charge on any atom is -0.0185 e. The number of unbranched alkanes of at least 4 members (excludes halogenated alkanes) is 5. The molecule has 0 bridgehead atoms. The van der Waals surface area contributed by atoms with Gasteiger partial charge in [-0.15, -0.1) is 0 Å². The van der Waals surface area contributed by atoms with Crippen molar-refractivity contribution in [3.63, 3.8) is 0 Å². The molecule has 0 aliphatic carbocycles. The fourth-order valence-corrected chi connectivity index (χ4v) is 2.77. The molecule has 1 radical (unpaired) electrons. The first-order chi connectivity index (χ1) is 8.58. The van der Waals surface area contributed by atoms with Gasteiger partial charge in [-0.05, 0) is 30.6 Å². The van der Waals surface area contributed by atoms with Crippen LogP contribution in [-0.4, -0.2) is 0 Å². The summed E-state index contributed by atoms with van der Waals surface area (Å²) in [5.41, 5.74) is 0.484. The molecule has 0 nitrogen and oxygen atoms in total. The molecule has 0 heterocycles. The molecule has 0 aliphatic heterocycles. The van der Waals surface area contributed by atoms with Crippen LogP contribution in [0.25, 0.3) is 0 Å². The Morgan fingerprint density at radius 3 is 1.72 bits per heavy atom. The molecular formula is C18H37. The van der Waals surface area contributed by atoms with E-state index in [9.17, 15) is 0 Å². The molecule has 18 heavy (non-hydrogen) atoms. The molecule has 0 atom stereocenters. The van der Waals surface area contributed by atoms with Gasteiger partial charge in [0.15, 0.2) is 0 Å². The van der Waals surface area contributed by atoms with E-state index in [0.29, 0.717) is 5.41 Å². The first kappa shape index (κ1) is 18.0. The monoisotopic (exact) mass is 253 g/mol. The predicted octanol–water partition coefficient (Wildman–Crippen LogP) is 6.94. The van der Waals surface area contributed by atoms with Crippen LogP contribution < -0.4 is 0 Å². The zero-order valence-corrected chi connectivity index (χ0v) is 13.8. The maximum absolute atomic E-state index is 2.49. The number of rotatable bonds is 12. The molecule has 0 aromatic heterocycles. The van der Waals surface area contributed by atoms with E-state index >= 15 is 0 Å². The summed E-state index contributed by atoms with van der Waals surface area (Å²) in [6, 6.07) is 0. The second-order valence-electron chi connectivity index (χ2n) is 6.51. The van der Waals surface area contributed by atoms with Crippen molar-refractivity contribution in [2.24, 2.45) is 5.41 Å². The van der Waals surface area contributed by atoms with Crippen LogP contribution in [0, 0.1) is 11.3 Å². The minimum Gasteiger partial charge on any atom is -0.0654 e. The minimum atomic E-state index is 0.484. The van der Waals surface area contributed by atoms with Crippen LogP contribution >= 0.6 is 0 Å². The maximum atomic E-state index is 2.49. The molecule has 109 valence electrons. The third-order valence-corrected chi connectivity index (χ3v) is 4.28. The van der Waals surface area contributed by atoms with Gasteiger partial charge in [0.25, 0.3) is 0 Å². The zero-order valence-electron chi connectivity index (χ0n) is 13.8. The normalized spacial score (nSPS) is 12.3. The average molecular weight is 253 g/mol. The van der Waals surface area contributed by atoms with E-state index in [2.05, 4.69) is 34.6 Å². The topological polar surface area (TPSA) is 0 Å². The molecule has 0 aromatic carbocycles. The predicted molar refractivity (Wildman–Crippen MR) is 84.8 cm³/mol. The molecule has 0 fully saturated rings. The van der Waals surface area contributed by atoms with E-state index in [1.165, 1.54) is 70.6 Å². The largest absolute Gasteiger partial charge is 0.0654 e. The van der Waals surface area contributed by atoms with Gasteiger partial charge in [0, 0.05) is 0 Å². The highest BCUT2D eigenvalue weighted by molar-refractivity contribution is 5.02. The van der Waals surface area contributed by atoms with E-state index in [4.69, 9.17) is 0 Å². The Morgan fingerprint density at radius 1 is 0.667 bits per heavy atom. The molecule has 0 aromatic rings. The van der Waals surface area contributed by atoms with E-state index in [1.807, 2.05) is 5.92 Å². The van der Waals surface area contributed by atoms with Crippen molar-refractivity contribution in [1.29, 1.82) is 0 Å². The lowest BCUT2D eigenvalue weighted by Gasteiger charge is -2.34. The van der Waals surface area contributed by atoms with Crippen molar-refractivity contribution in [2.45, 2.75) is 105 Å². The van der Waals surface area contributed by atoms with E-state index in [1.54, 1.807) is 0 Å². The Labute approximate surface area is 117 Å². The van der Waals surface area contributed by atoms with Crippen molar-refractivity contribution >= 4 is 0 Å². The first-order valence-electron chi connectivity index (χ1n) is 8.43. The summed E-state index contributed by atoms with van der Waals surface area (Å²) in [5.74, 6) is 1.86. The SMILES string of the molecule is CCCCC[C](CCCC)C(C)(C)CCCCC. The van der Waals surface area contributed by atoms with Gasteiger partial charge >= 0.3 is 0 Å². The molecule has 0 heteroatoms. The average Bonchev–Trinajstić information content (AvgIpc) is 2.33. The van der Waals surface area contributed by atoms with Gasteiger partial charge in [-0.2, -0.15) is 0 Å². The van der Waals surface area contributed by atoms with Gasteiger partial charge in [-0.1, -0.05) is 86.0 Å². The van der Waals surface area contributed by atoms with Crippen molar-refractivity contribution in [3.8, 4) is 0 Å². The van der Waals surface area contributed by atoms with Gasteiger partial charge in [-0.25, -0.2) is 0 Å². The summed E-state index contributed by atoms with van der Waals surface area (Å²) in [7, 11) is 0. The smallest absolute Gasteiger partial charge is 0.0185 e. The second kappa shape index (κ2) is 10.9. The second-order valence-corrected chi connectivity index (χ2v) is 6.51. The summed E-state index contributed by atoms with van der Waals surface area (Å²) in [5, 5.41) is 0. The fourth-order valence-electron chi connectivity index (χ4n) is 2.77. The molecular weight excluding hydrogens is 216 g/mol. The van der Waals surface area contributed by atoms with Gasteiger partial charge in [0.1, 0.15) is 0 Å². The lowest BCUT2D eigenvalue weighted by molar-refractivity contribution is 0.299. The molecule has 0 N–H and O–H groups in total. The van der Waals surface area contributed by atoms with Gasteiger partial charge in [-0.3, -0.25) is 0 Å². The van der Waals surface area contributed by atoms with E-state index in [0.717, 1.165) is 0 Å². The highest BCUT2D eigenvalue weighted by atomic mass is 14.3. The lowest BCUT2D eigenvalue weighted by Crippen LogP contribution is -2.22. The van der Waals surface area contributed by atoms with Crippen LogP contribution in [0.15, 0.2) is 0 Å². The van der Waals surface area contributed by atoms with Crippen LogP contribution in [-0.2, 0) is 0 Å². The Morgan fingerprint density at radius 2 is 1.17 bits per heavy atom.